The van der Waals surface area contributed by atoms with Gasteiger partial charge in [0.05, 0.1) is 40.8 Å². The number of benzene rings is 1. The molecule has 1 aromatic heterocycles. The molecule has 1 aromatic carbocycles. The molecule has 1 aliphatic rings. The minimum atomic E-state index is -4.89. The number of hydrogen-bond acceptors (Lipinski definition) is 5. The van der Waals surface area contributed by atoms with Gasteiger partial charge in [-0.05, 0) is 68.0 Å². The number of likely N-dealkylation sites (tertiary alicyclic amines) is 1. The van der Waals surface area contributed by atoms with E-state index in [4.69, 9.17) is 9.84 Å². The summed E-state index contributed by atoms with van der Waals surface area (Å²) >= 11 is 1.11. The second-order valence-corrected chi connectivity index (χ2v) is 9.96. The second kappa shape index (κ2) is 12.6. The predicted octanol–water partition coefficient (Wildman–Crippen LogP) is 4.13. The van der Waals surface area contributed by atoms with Gasteiger partial charge in [0, 0.05) is 6.54 Å². The summed E-state index contributed by atoms with van der Waals surface area (Å²) < 4.78 is 85.5. The summed E-state index contributed by atoms with van der Waals surface area (Å²) in [5, 5.41) is 9.62. The van der Waals surface area contributed by atoms with Crippen LogP contribution in [0.1, 0.15) is 49.3 Å². The number of rotatable bonds is 9. The Kier molecular flexibility index (Phi) is 10.0. The number of piperidine rings is 1. The number of nitrogens with zero attached hydrogens (tertiary/aromatic N) is 1. The number of halogens is 6. The van der Waals surface area contributed by atoms with Crippen LogP contribution in [0, 0.1) is 5.92 Å². The molecule has 0 bridgehead atoms. The molecular weight excluding hydrogens is 522 g/mol. The van der Waals surface area contributed by atoms with Crippen LogP contribution in [0.2, 0.25) is 0 Å². The van der Waals surface area contributed by atoms with E-state index in [9.17, 15) is 31.1 Å². The highest BCUT2D eigenvalue weighted by atomic mass is 32.1. The highest BCUT2D eigenvalue weighted by Gasteiger charge is 2.38. The van der Waals surface area contributed by atoms with Crippen molar-refractivity contribution in [1.82, 2.24) is 9.88 Å². The van der Waals surface area contributed by atoms with Gasteiger partial charge in [-0.3, -0.25) is 9.69 Å². The Morgan fingerprint density at radius 3 is 2.46 bits per heavy atom. The van der Waals surface area contributed by atoms with Crippen LogP contribution in [-0.2, 0) is 23.6 Å². The number of aromatic amines is 1. The predicted molar refractivity (Wildman–Crippen MR) is 129 cm³/mol. The molecule has 2 N–H and O–H groups in total. The van der Waals surface area contributed by atoms with Gasteiger partial charge in [0.1, 0.15) is 0 Å². The summed E-state index contributed by atoms with van der Waals surface area (Å²) in [4.78, 5) is 16.6. The van der Waals surface area contributed by atoms with E-state index < -0.39 is 23.5 Å². The molecule has 0 atom stereocenters. The highest BCUT2D eigenvalue weighted by Crippen LogP contribution is 2.38. The van der Waals surface area contributed by atoms with Crippen molar-refractivity contribution >= 4 is 23.0 Å². The molecule has 2 heterocycles. The molecule has 206 valence electrons. The third-order valence-electron chi connectivity index (χ3n) is 6.40. The maximum absolute atomic E-state index is 13.5. The van der Waals surface area contributed by atoms with Crippen LogP contribution in [-0.4, -0.2) is 47.9 Å². The van der Waals surface area contributed by atoms with Crippen molar-refractivity contribution in [2.75, 3.05) is 32.9 Å². The zero-order valence-electron chi connectivity index (χ0n) is 20.3. The van der Waals surface area contributed by atoms with Crippen LogP contribution in [0.4, 0.5) is 26.3 Å². The van der Waals surface area contributed by atoms with E-state index in [1.54, 1.807) is 0 Å². The van der Waals surface area contributed by atoms with Gasteiger partial charge >= 0.3 is 17.2 Å². The van der Waals surface area contributed by atoms with E-state index in [2.05, 4.69) is 4.98 Å². The first-order chi connectivity index (χ1) is 17.4. The first-order valence-electron chi connectivity index (χ1n) is 12.0. The van der Waals surface area contributed by atoms with E-state index in [1.807, 2.05) is 17.9 Å². The zero-order chi connectivity index (χ0) is 27.2. The van der Waals surface area contributed by atoms with E-state index in [0.29, 0.717) is 51.4 Å². The highest BCUT2D eigenvalue weighted by molar-refractivity contribution is 7.07. The minimum Gasteiger partial charge on any atom is -0.394 e. The summed E-state index contributed by atoms with van der Waals surface area (Å²) in [6.07, 6.45) is -5.10. The fraction of sp³-hybridized carbons (Fsp3) is 0.560. The van der Waals surface area contributed by atoms with Crippen molar-refractivity contribution in [3.8, 4) is 0 Å². The van der Waals surface area contributed by atoms with Gasteiger partial charge in [-0.1, -0.05) is 30.4 Å². The lowest BCUT2D eigenvalue weighted by molar-refractivity contribution is -0.143. The summed E-state index contributed by atoms with van der Waals surface area (Å²) in [5.74, 6) is 0.111. The lowest BCUT2D eigenvalue weighted by Crippen LogP contribution is -2.34. The molecule has 1 saturated heterocycles. The van der Waals surface area contributed by atoms with Gasteiger partial charge in [-0.15, -0.1) is 0 Å². The maximum atomic E-state index is 13.5. The summed E-state index contributed by atoms with van der Waals surface area (Å²) in [6.45, 7) is 3.45. The Bertz CT molecular complexity index is 1210. The van der Waals surface area contributed by atoms with E-state index in [-0.39, 0.29) is 42.2 Å². The Balaban J connectivity index is 1.73. The third kappa shape index (κ3) is 8.17. The molecule has 0 aliphatic carbocycles. The molecule has 0 unspecified atom stereocenters. The number of hydrogen-bond donors (Lipinski definition) is 2. The number of alkyl halides is 6. The number of nitrogens with one attached hydrogen (secondary N) is 1. The van der Waals surface area contributed by atoms with Crippen molar-refractivity contribution < 1.29 is 36.2 Å². The van der Waals surface area contributed by atoms with Crippen LogP contribution in [0.15, 0.2) is 23.0 Å². The number of thiazole rings is 1. The number of H-pyrrole nitrogens is 1. The van der Waals surface area contributed by atoms with Crippen LogP contribution >= 0.6 is 11.3 Å². The molecule has 0 saturated carbocycles. The Labute approximate surface area is 214 Å². The summed E-state index contributed by atoms with van der Waals surface area (Å²) in [7, 11) is 0. The average molecular weight is 553 g/mol. The number of aliphatic hydroxyl groups excluding tert-OH is 1. The molecule has 3 rings (SSSR count). The molecule has 0 radical (unpaired) electrons. The third-order valence-corrected chi connectivity index (χ3v) is 7.24. The quantitative estimate of drug-likeness (QED) is 0.363. The summed E-state index contributed by atoms with van der Waals surface area (Å²) in [6, 6.07) is 1.79. The van der Waals surface area contributed by atoms with Gasteiger partial charge < -0.3 is 14.8 Å². The van der Waals surface area contributed by atoms with Crippen LogP contribution in [0.25, 0.3) is 11.6 Å². The molecular formula is C25H30F6N2O3S. The monoisotopic (exact) mass is 552 g/mol. The molecule has 37 heavy (non-hydrogen) atoms. The standard InChI is InChI=1S/C25H30F6N2O3S/c1-2-17(7-11-36-12-10-34)22-21(37-23(35)32-22)13-16-5-8-33(9-6-16)15-18-3-4-19(24(26,27)28)14-20(18)25(29,30)31/h3-4,13-14,16,34H,2,5-12,15H2,1H3,(H,32,35)/b21-13-,22-17-. The van der Waals surface area contributed by atoms with E-state index in [0.717, 1.165) is 32.9 Å². The molecule has 1 fully saturated rings. The molecule has 1 aliphatic heterocycles. The lowest BCUT2D eigenvalue weighted by Gasteiger charge is -2.31. The van der Waals surface area contributed by atoms with Gasteiger partial charge in [-0.2, -0.15) is 26.3 Å². The Morgan fingerprint density at radius 2 is 1.86 bits per heavy atom. The SMILES string of the molecule is CC/C(CCOCCO)=c1/[nH]c(=O)s/c1=C\C1CCN(Cc2ccc(C(F)(F)F)cc2C(F)(F)F)CC1. The van der Waals surface area contributed by atoms with Crippen molar-refractivity contribution in [2.24, 2.45) is 5.92 Å². The first-order valence-corrected chi connectivity index (χ1v) is 12.8. The zero-order valence-corrected chi connectivity index (χ0v) is 21.2. The fourth-order valence-corrected chi connectivity index (χ4v) is 5.36. The van der Waals surface area contributed by atoms with Crippen molar-refractivity contribution in [1.29, 1.82) is 0 Å². The lowest BCUT2D eigenvalue weighted by atomic mass is 9.95. The average Bonchev–Trinajstić information content (AvgIpc) is 3.19. The normalized spacial score (nSPS) is 17.5. The summed E-state index contributed by atoms with van der Waals surface area (Å²) in [5.41, 5.74) is -1.73. The van der Waals surface area contributed by atoms with Crippen LogP contribution in [0.5, 0.6) is 0 Å². The minimum absolute atomic E-state index is 0.0646. The van der Waals surface area contributed by atoms with Crippen molar-refractivity contribution in [3.63, 3.8) is 0 Å². The Hall–Kier alpha value is -2.15. The topological polar surface area (TPSA) is 65.6 Å². The molecule has 2 aromatic rings. The molecule has 12 heteroatoms. The fourth-order valence-electron chi connectivity index (χ4n) is 4.45. The largest absolute Gasteiger partial charge is 0.416 e. The number of aromatic nitrogens is 1. The van der Waals surface area contributed by atoms with Gasteiger partial charge in [0.15, 0.2) is 0 Å². The molecule has 0 spiro atoms. The van der Waals surface area contributed by atoms with Crippen LogP contribution < -0.4 is 14.8 Å². The number of aliphatic hydroxyl groups is 1. The smallest absolute Gasteiger partial charge is 0.394 e. The first kappa shape index (κ1) is 29.4. The van der Waals surface area contributed by atoms with Gasteiger partial charge in [0.25, 0.3) is 0 Å². The van der Waals surface area contributed by atoms with Crippen LogP contribution in [0.3, 0.4) is 0 Å². The maximum Gasteiger partial charge on any atom is 0.416 e. The van der Waals surface area contributed by atoms with Crippen molar-refractivity contribution in [3.05, 3.63) is 54.4 Å². The number of ether oxygens (including phenoxy) is 1. The van der Waals surface area contributed by atoms with E-state index in [1.165, 1.54) is 0 Å². The van der Waals surface area contributed by atoms with Gasteiger partial charge in [-0.25, -0.2) is 0 Å². The van der Waals surface area contributed by atoms with E-state index >= 15 is 0 Å². The molecule has 0 amide bonds. The van der Waals surface area contributed by atoms with Gasteiger partial charge in [0.2, 0.25) is 0 Å². The molecule has 5 nitrogen and oxygen atoms in total. The Morgan fingerprint density at radius 1 is 1.16 bits per heavy atom. The van der Waals surface area contributed by atoms with Crippen molar-refractivity contribution in [2.45, 2.75) is 51.5 Å². The second-order valence-electron chi connectivity index (χ2n) is 8.94.